The van der Waals surface area contributed by atoms with E-state index < -0.39 is 0 Å². The van der Waals surface area contributed by atoms with Crippen molar-refractivity contribution in [1.29, 1.82) is 0 Å². The highest BCUT2D eigenvalue weighted by molar-refractivity contribution is 6.00. The zero-order valence-electron chi connectivity index (χ0n) is 19.0. The van der Waals surface area contributed by atoms with Crippen LogP contribution in [-0.2, 0) is 18.4 Å². The topological polar surface area (TPSA) is 81.4 Å². The van der Waals surface area contributed by atoms with Crippen LogP contribution in [0.15, 0.2) is 42.5 Å². The van der Waals surface area contributed by atoms with Gasteiger partial charge in [0.05, 0.1) is 18.3 Å². The van der Waals surface area contributed by atoms with Gasteiger partial charge in [-0.2, -0.15) is 0 Å². The van der Waals surface area contributed by atoms with E-state index in [1.807, 2.05) is 29.8 Å². The Kier molecular flexibility index (Phi) is 5.28. The monoisotopic (exact) mass is 445 g/mol. The first-order valence-electron chi connectivity index (χ1n) is 11.2. The number of para-hydroxylation sites is 1. The summed E-state index contributed by atoms with van der Waals surface area (Å²) in [6.45, 7) is 4.05. The van der Waals surface area contributed by atoms with Gasteiger partial charge in [-0.1, -0.05) is 18.2 Å². The third-order valence-electron chi connectivity index (χ3n) is 6.54. The smallest absolute Gasteiger partial charge is 0.254 e. The fourth-order valence-corrected chi connectivity index (χ4v) is 4.91. The number of hydrogen-bond acceptors (Lipinski definition) is 4. The van der Waals surface area contributed by atoms with E-state index in [0.29, 0.717) is 36.3 Å². The number of nitrogens with zero attached hydrogens (tertiary/aromatic N) is 4. The van der Waals surface area contributed by atoms with Crippen LogP contribution < -0.4 is 10.1 Å². The number of ether oxygens (including phenoxy) is 1. The van der Waals surface area contributed by atoms with Crippen molar-refractivity contribution in [3.8, 4) is 17.3 Å². The minimum absolute atomic E-state index is 0.00510. The zero-order valence-corrected chi connectivity index (χ0v) is 19.0. The number of methoxy groups -OCH3 is 1. The van der Waals surface area contributed by atoms with Crippen molar-refractivity contribution in [2.45, 2.75) is 25.9 Å². The first kappa shape index (κ1) is 21.1. The number of nitrogens with one attached hydrogen (secondary N) is 1. The molecule has 0 radical (unpaired) electrons. The van der Waals surface area contributed by atoms with Gasteiger partial charge in [0.25, 0.3) is 5.91 Å². The Hall–Kier alpha value is -3.81. The van der Waals surface area contributed by atoms with Crippen LogP contribution in [-0.4, -0.2) is 57.6 Å². The number of benzene rings is 2. The summed E-state index contributed by atoms with van der Waals surface area (Å²) in [5.41, 5.74) is 4.28. The lowest BCUT2D eigenvalue weighted by Gasteiger charge is -2.17. The second-order valence-electron chi connectivity index (χ2n) is 8.39. The number of hydrogen-bond donors (Lipinski definition) is 1. The molecule has 2 aromatic heterocycles. The first-order chi connectivity index (χ1) is 16.0. The molecule has 2 aromatic carbocycles. The van der Waals surface area contributed by atoms with Gasteiger partial charge >= 0.3 is 0 Å². The molecule has 170 valence electrons. The van der Waals surface area contributed by atoms with Crippen molar-refractivity contribution in [2.24, 2.45) is 7.05 Å². The van der Waals surface area contributed by atoms with Gasteiger partial charge in [0.1, 0.15) is 11.3 Å². The van der Waals surface area contributed by atoms with Crippen LogP contribution in [0.2, 0.25) is 0 Å². The van der Waals surface area contributed by atoms with Gasteiger partial charge in [-0.05, 0) is 37.6 Å². The Bertz CT molecular complexity index is 1370. The molecular weight excluding hydrogens is 418 g/mol. The molecule has 1 fully saturated rings. The Balaban J connectivity index is 1.60. The fraction of sp³-hybridized carbons (Fsp3) is 0.320. The predicted molar refractivity (Wildman–Crippen MR) is 127 cm³/mol. The minimum atomic E-state index is -0.0831. The van der Waals surface area contributed by atoms with Gasteiger partial charge in [0, 0.05) is 49.2 Å². The summed E-state index contributed by atoms with van der Waals surface area (Å²) < 4.78 is 9.97. The minimum Gasteiger partial charge on any atom is -0.494 e. The molecule has 5 rings (SSSR count). The van der Waals surface area contributed by atoms with Crippen LogP contribution >= 0.6 is 0 Å². The molecule has 33 heavy (non-hydrogen) atoms. The van der Waals surface area contributed by atoms with Crippen LogP contribution in [0.4, 0.5) is 0 Å². The lowest BCUT2D eigenvalue weighted by molar-refractivity contribution is -0.110. The fourth-order valence-electron chi connectivity index (χ4n) is 4.91. The predicted octanol–water partition coefficient (Wildman–Crippen LogP) is 3.18. The van der Waals surface area contributed by atoms with Crippen molar-refractivity contribution in [1.82, 2.24) is 24.3 Å². The maximum Gasteiger partial charge on any atom is 0.254 e. The molecule has 3 heterocycles. The average Bonchev–Trinajstić information content (AvgIpc) is 3.53. The second kappa shape index (κ2) is 8.27. The number of amides is 2. The van der Waals surface area contributed by atoms with E-state index in [1.165, 1.54) is 0 Å². The van der Waals surface area contributed by atoms with E-state index in [4.69, 9.17) is 9.72 Å². The molecule has 1 aliphatic heterocycles. The Morgan fingerprint density at radius 1 is 1.27 bits per heavy atom. The van der Waals surface area contributed by atoms with Crippen LogP contribution in [0.5, 0.6) is 5.75 Å². The lowest BCUT2D eigenvalue weighted by Crippen LogP contribution is -2.34. The third kappa shape index (κ3) is 3.42. The van der Waals surface area contributed by atoms with Crippen LogP contribution in [0.25, 0.3) is 33.5 Å². The molecule has 1 atom stereocenters. The first-order valence-corrected chi connectivity index (χ1v) is 11.2. The summed E-state index contributed by atoms with van der Waals surface area (Å²) in [4.78, 5) is 30.7. The van der Waals surface area contributed by atoms with Crippen LogP contribution in [0.1, 0.15) is 23.7 Å². The lowest BCUT2D eigenvalue weighted by atomic mass is 10.1. The number of likely N-dealkylation sites (tertiary alicyclic amines) is 1. The number of carbonyl (C=O) groups is 2. The number of aromatic nitrogens is 3. The summed E-state index contributed by atoms with van der Waals surface area (Å²) >= 11 is 0. The Labute approximate surface area is 191 Å². The van der Waals surface area contributed by atoms with Crippen molar-refractivity contribution in [2.75, 3.05) is 20.2 Å². The molecular formula is C25H27N5O3. The van der Waals surface area contributed by atoms with E-state index in [9.17, 15) is 9.59 Å². The molecule has 2 amide bonds. The summed E-state index contributed by atoms with van der Waals surface area (Å²) in [7, 11) is 3.58. The van der Waals surface area contributed by atoms with Crippen molar-refractivity contribution >= 4 is 34.3 Å². The Morgan fingerprint density at radius 2 is 2.09 bits per heavy atom. The van der Waals surface area contributed by atoms with Gasteiger partial charge in [0.2, 0.25) is 6.41 Å². The summed E-state index contributed by atoms with van der Waals surface area (Å²) in [5, 5.41) is 3.93. The maximum absolute atomic E-state index is 13.2. The van der Waals surface area contributed by atoms with E-state index in [-0.39, 0.29) is 11.9 Å². The van der Waals surface area contributed by atoms with Crippen molar-refractivity contribution < 1.29 is 14.3 Å². The number of aryl methyl sites for hydroxylation is 2. The molecule has 0 spiro atoms. The average molecular weight is 446 g/mol. The molecule has 1 N–H and O–H groups in total. The third-order valence-corrected chi connectivity index (χ3v) is 6.54. The molecule has 0 saturated carbocycles. The van der Waals surface area contributed by atoms with Gasteiger partial charge in [0.15, 0.2) is 5.82 Å². The van der Waals surface area contributed by atoms with Gasteiger partial charge in [-0.15, -0.1) is 0 Å². The molecule has 1 aliphatic rings. The van der Waals surface area contributed by atoms with Gasteiger partial charge in [-0.25, -0.2) is 4.98 Å². The SMILES string of the molecule is CCn1c(-c2nc3cc(C(=O)N4CCC(NC=O)C4)cc(OC)c3n2C)cc2ccccc21. The van der Waals surface area contributed by atoms with Crippen LogP contribution in [0, 0.1) is 0 Å². The zero-order chi connectivity index (χ0) is 23.1. The quantitative estimate of drug-likeness (QED) is 0.462. The summed E-state index contributed by atoms with van der Waals surface area (Å²) in [6.07, 6.45) is 1.44. The van der Waals surface area contributed by atoms with Gasteiger partial charge < -0.3 is 24.1 Å². The summed E-state index contributed by atoms with van der Waals surface area (Å²) in [6, 6.07) is 14.1. The second-order valence-corrected chi connectivity index (χ2v) is 8.39. The normalized spacial score (nSPS) is 16.0. The number of imidazole rings is 1. The number of carbonyl (C=O) groups excluding carboxylic acids is 2. The van der Waals surface area contributed by atoms with Crippen molar-refractivity contribution in [3.63, 3.8) is 0 Å². The highest BCUT2D eigenvalue weighted by Crippen LogP contribution is 2.34. The summed E-state index contributed by atoms with van der Waals surface area (Å²) in [5.74, 6) is 1.35. The maximum atomic E-state index is 13.2. The van der Waals surface area contributed by atoms with Crippen LogP contribution in [0.3, 0.4) is 0 Å². The highest BCUT2D eigenvalue weighted by Gasteiger charge is 2.28. The van der Waals surface area contributed by atoms with E-state index >= 15 is 0 Å². The molecule has 0 bridgehead atoms. The van der Waals surface area contributed by atoms with E-state index in [1.54, 1.807) is 18.1 Å². The molecule has 1 saturated heterocycles. The molecule has 8 heteroatoms. The number of fused-ring (bicyclic) bond motifs is 2. The molecule has 8 nitrogen and oxygen atoms in total. The highest BCUT2D eigenvalue weighted by atomic mass is 16.5. The van der Waals surface area contributed by atoms with Gasteiger partial charge in [-0.3, -0.25) is 9.59 Å². The van der Waals surface area contributed by atoms with E-state index in [2.05, 4.69) is 35.0 Å². The Morgan fingerprint density at radius 3 is 2.85 bits per heavy atom. The molecule has 1 unspecified atom stereocenters. The van der Waals surface area contributed by atoms with Crippen molar-refractivity contribution in [3.05, 3.63) is 48.0 Å². The number of rotatable bonds is 6. The molecule has 4 aromatic rings. The molecule has 0 aliphatic carbocycles. The largest absolute Gasteiger partial charge is 0.494 e. The van der Waals surface area contributed by atoms with E-state index in [0.717, 1.165) is 40.9 Å². The standard InChI is InChI=1S/C25H27N5O3/c1-4-30-20-8-6-5-7-16(20)12-21(30)24-27-19-11-17(13-22(33-3)23(19)28(24)2)25(32)29-10-9-18(14-29)26-15-31/h5-8,11-13,15,18H,4,9-10,14H2,1-3H3,(H,26,31).